The van der Waals surface area contributed by atoms with E-state index >= 15 is 0 Å². The highest BCUT2D eigenvalue weighted by Gasteiger charge is 2.14. The van der Waals surface area contributed by atoms with Gasteiger partial charge in [0.2, 0.25) is 0 Å². The number of Topliss-reactive ketones (excluding diaryl/α,β-unsaturated/α-hetero) is 1. The zero-order valence-electron chi connectivity index (χ0n) is 10.1. The van der Waals surface area contributed by atoms with Gasteiger partial charge in [-0.05, 0) is 41.3 Å². The highest BCUT2D eigenvalue weighted by atomic mass is 79.9. The number of ketones is 1. The van der Waals surface area contributed by atoms with Gasteiger partial charge in [0.1, 0.15) is 0 Å². The Morgan fingerprint density at radius 2 is 2.28 bits per heavy atom. The van der Waals surface area contributed by atoms with E-state index in [4.69, 9.17) is 0 Å². The molecule has 0 N–H and O–H groups in total. The molecule has 3 nitrogen and oxygen atoms in total. The number of thiophene rings is 1. The lowest BCUT2D eigenvalue weighted by Gasteiger charge is -2.13. The molecule has 0 amide bonds. The third-order valence-corrected chi connectivity index (χ3v) is 5.08. The topological polar surface area (TPSA) is 33.2 Å². The van der Waals surface area contributed by atoms with Crippen LogP contribution in [0.4, 0.5) is 0 Å². The number of hydrogen-bond donors (Lipinski definition) is 0. The van der Waals surface area contributed by atoms with Crippen molar-refractivity contribution < 1.29 is 4.79 Å². The molecule has 0 fully saturated rings. The van der Waals surface area contributed by atoms with E-state index in [2.05, 4.69) is 20.9 Å². The van der Waals surface area contributed by atoms with Crippen molar-refractivity contribution in [1.29, 1.82) is 0 Å². The van der Waals surface area contributed by atoms with E-state index < -0.39 is 0 Å². The molecule has 0 aromatic carbocycles. The molecule has 0 spiro atoms. The van der Waals surface area contributed by atoms with Crippen molar-refractivity contribution in [2.75, 3.05) is 13.6 Å². The van der Waals surface area contributed by atoms with E-state index in [9.17, 15) is 4.79 Å². The van der Waals surface area contributed by atoms with E-state index in [1.54, 1.807) is 11.3 Å². The number of halogens is 1. The quantitative estimate of drug-likeness (QED) is 0.777. The Balaban J connectivity index is 1.93. The molecule has 0 atom stereocenters. The first-order valence-corrected chi connectivity index (χ1v) is 7.97. The van der Waals surface area contributed by atoms with Gasteiger partial charge < -0.3 is 0 Å². The number of aryl methyl sites for hydroxylation is 1. The van der Waals surface area contributed by atoms with Crippen molar-refractivity contribution in [3.8, 4) is 0 Å². The van der Waals surface area contributed by atoms with Crippen LogP contribution in [0.1, 0.15) is 20.4 Å². The Morgan fingerprint density at radius 3 is 2.83 bits per heavy atom. The number of aromatic nitrogens is 1. The third-order valence-electron chi connectivity index (χ3n) is 2.38. The summed E-state index contributed by atoms with van der Waals surface area (Å²) in [4.78, 5) is 19.2. The predicted molar refractivity (Wildman–Crippen MR) is 79.5 cm³/mol. The maximum Gasteiger partial charge on any atom is 0.187 e. The third kappa shape index (κ3) is 3.47. The van der Waals surface area contributed by atoms with Crippen molar-refractivity contribution in [1.82, 2.24) is 9.88 Å². The summed E-state index contributed by atoms with van der Waals surface area (Å²) in [6, 6.07) is 1.90. The van der Waals surface area contributed by atoms with Gasteiger partial charge in [0.05, 0.1) is 22.1 Å². The largest absolute Gasteiger partial charge is 0.293 e. The normalized spacial score (nSPS) is 11.1. The SMILES string of the molecule is Cc1nc(CN(C)CC(=O)c2sccc2Br)cs1. The minimum Gasteiger partial charge on any atom is -0.293 e. The fraction of sp³-hybridized carbons (Fsp3) is 0.333. The minimum absolute atomic E-state index is 0.145. The molecule has 2 aromatic heterocycles. The molecule has 0 bridgehead atoms. The van der Waals surface area contributed by atoms with Crippen LogP contribution in [0.3, 0.4) is 0 Å². The highest BCUT2D eigenvalue weighted by Crippen LogP contribution is 2.23. The molecular weight excluding hydrogens is 332 g/mol. The van der Waals surface area contributed by atoms with Crippen molar-refractivity contribution in [3.05, 3.63) is 36.9 Å². The zero-order valence-corrected chi connectivity index (χ0v) is 13.4. The van der Waals surface area contributed by atoms with E-state index in [-0.39, 0.29) is 5.78 Å². The summed E-state index contributed by atoms with van der Waals surface area (Å²) in [6.07, 6.45) is 0. The molecule has 18 heavy (non-hydrogen) atoms. The number of thiazole rings is 1. The highest BCUT2D eigenvalue weighted by molar-refractivity contribution is 9.10. The molecule has 0 aliphatic heterocycles. The molecule has 2 aromatic rings. The molecule has 0 unspecified atom stereocenters. The first-order chi connectivity index (χ1) is 8.56. The van der Waals surface area contributed by atoms with Crippen LogP contribution in [0, 0.1) is 6.92 Å². The summed E-state index contributed by atoms with van der Waals surface area (Å²) in [5, 5.41) is 5.02. The van der Waals surface area contributed by atoms with Crippen molar-refractivity contribution >= 4 is 44.4 Å². The summed E-state index contributed by atoms with van der Waals surface area (Å²) in [5.74, 6) is 0.145. The summed E-state index contributed by atoms with van der Waals surface area (Å²) in [7, 11) is 1.94. The molecule has 96 valence electrons. The molecule has 0 aliphatic rings. The van der Waals surface area contributed by atoms with Gasteiger partial charge >= 0.3 is 0 Å². The second kappa shape index (κ2) is 6.06. The molecule has 0 radical (unpaired) electrons. The zero-order chi connectivity index (χ0) is 13.1. The first-order valence-electron chi connectivity index (χ1n) is 5.42. The van der Waals surface area contributed by atoms with Crippen molar-refractivity contribution in [3.63, 3.8) is 0 Å². The number of carbonyl (C=O) groups excluding carboxylic acids is 1. The minimum atomic E-state index is 0.145. The second-order valence-corrected chi connectivity index (χ2v) is 6.88. The van der Waals surface area contributed by atoms with E-state index in [1.165, 1.54) is 11.3 Å². The Bertz CT molecular complexity index is 550. The van der Waals surface area contributed by atoms with Crippen LogP contribution in [0.15, 0.2) is 21.3 Å². The van der Waals surface area contributed by atoms with E-state index in [0.717, 1.165) is 20.1 Å². The lowest BCUT2D eigenvalue weighted by atomic mass is 10.3. The van der Waals surface area contributed by atoms with Crippen molar-refractivity contribution in [2.24, 2.45) is 0 Å². The monoisotopic (exact) mass is 344 g/mol. The lowest BCUT2D eigenvalue weighted by Crippen LogP contribution is -2.25. The number of nitrogens with zero attached hydrogens (tertiary/aromatic N) is 2. The second-order valence-electron chi connectivity index (χ2n) is 4.05. The van der Waals surface area contributed by atoms with E-state index in [0.29, 0.717) is 13.1 Å². The van der Waals surface area contributed by atoms with Crippen LogP contribution in [0.5, 0.6) is 0 Å². The molecule has 2 heterocycles. The number of carbonyl (C=O) groups is 1. The van der Waals surface area contributed by atoms with Crippen LogP contribution in [0.25, 0.3) is 0 Å². The first kappa shape index (κ1) is 13.9. The fourth-order valence-corrected chi connectivity index (χ4v) is 3.75. The van der Waals surface area contributed by atoms with Gasteiger partial charge in [-0.15, -0.1) is 22.7 Å². The van der Waals surface area contributed by atoms with Gasteiger partial charge in [0.15, 0.2) is 5.78 Å². The smallest absolute Gasteiger partial charge is 0.187 e. The Labute approximate surface area is 123 Å². The summed E-state index contributed by atoms with van der Waals surface area (Å²) < 4.78 is 0.885. The molecule has 0 saturated carbocycles. The molecule has 0 saturated heterocycles. The Morgan fingerprint density at radius 1 is 1.50 bits per heavy atom. The van der Waals surface area contributed by atoms with Gasteiger partial charge in [0, 0.05) is 16.4 Å². The maximum atomic E-state index is 12.1. The average Bonchev–Trinajstić information content (AvgIpc) is 2.87. The summed E-state index contributed by atoms with van der Waals surface area (Å²) in [5.41, 5.74) is 1.03. The van der Waals surface area contributed by atoms with Crippen molar-refractivity contribution in [2.45, 2.75) is 13.5 Å². The molecular formula is C12H13BrN2OS2. The molecule has 0 aliphatic carbocycles. The van der Waals surface area contributed by atoms with Gasteiger partial charge in [-0.1, -0.05) is 0 Å². The molecule has 6 heteroatoms. The Kier molecular flexibility index (Phi) is 4.66. The standard InChI is InChI=1S/C12H13BrN2OS2/c1-8-14-9(7-18-8)5-15(2)6-11(16)12-10(13)3-4-17-12/h3-4,7H,5-6H2,1-2H3. The average molecular weight is 345 g/mol. The lowest BCUT2D eigenvalue weighted by molar-refractivity contribution is 0.0946. The Hall–Kier alpha value is -0.560. The van der Waals surface area contributed by atoms with Crippen LogP contribution in [-0.4, -0.2) is 29.3 Å². The fourth-order valence-electron chi connectivity index (χ4n) is 1.62. The summed E-state index contributed by atoms with van der Waals surface area (Å²) in [6.45, 7) is 3.11. The van der Waals surface area contributed by atoms with Gasteiger partial charge in [-0.2, -0.15) is 0 Å². The van der Waals surface area contributed by atoms with Gasteiger partial charge in [0.25, 0.3) is 0 Å². The van der Waals surface area contributed by atoms with Gasteiger partial charge in [-0.3, -0.25) is 9.69 Å². The van der Waals surface area contributed by atoms with E-state index in [1.807, 2.05) is 35.7 Å². The predicted octanol–water partition coefficient (Wildman–Crippen LogP) is 3.59. The van der Waals surface area contributed by atoms with Crippen LogP contribution >= 0.6 is 38.6 Å². The number of hydrogen-bond acceptors (Lipinski definition) is 5. The molecule has 2 rings (SSSR count). The van der Waals surface area contributed by atoms with Gasteiger partial charge in [-0.25, -0.2) is 4.98 Å². The summed E-state index contributed by atoms with van der Waals surface area (Å²) >= 11 is 6.50. The van der Waals surface area contributed by atoms with Crippen LogP contribution in [0.2, 0.25) is 0 Å². The van der Waals surface area contributed by atoms with Crippen LogP contribution in [-0.2, 0) is 6.54 Å². The van der Waals surface area contributed by atoms with Crippen LogP contribution < -0.4 is 0 Å². The number of likely N-dealkylation sites (N-methyl/N-ethyl adjacent to an activating group) is 1. The maximum absolute atomic E-state index is 12.1. The number of rotatable bonds is 5.